The van der Waals surface area contributed by atoms with Crippen LogP contribution in [0.4, 0.5) is 11.5 Å². The van der Waals surface area contributed by atoms with Gasteiger partial charge in [0.15, 0.2) is 5.65 Å². The maximum atomic E-state index is 6.28. The summed E-state index contributed by atoms with van der Waals surface area (Å²) in [6, 6.07) is 25.8. The van der Waals surface area contributed by atoms with Gasteiger partial charge in [-0.1, -0.05) is 60.1 Å². The van der Waals surface area contributed by atoms with E-state index in [2.05, 4.69) is 33.6 Å². The number of hydrogen-bond acceptors (Lipinski definition) is 4. The van der Waals surface area contributed by atoms with Crippen molar-refractivity contribution in [3.05, 3.63) is 96.4 Å². The number of fused-ring (bicyclic) bond motifs is 1. The highest BCUT2D eigenvalue weighted by Gasteiger charge is 2.18. The minimum absolute atomic E-state index is 0.582. The molecule has 0 amide bonds. The van der Waals surface area contributed by atoms with Crippen LogP contribution >= 0.6 is 11.6 Å². The molecule has 5 rings (SSSR count). The lowest BCUT2D eigenvalue weighted by Gasteiger charge is -2.13. The van der Waals surface area contributed by atoms with E-state index in [0.717, 1.165) is 39.3 Å². The minimum atomic E-state index is 0.582. The molecule has 1 N–H and O–H groups in total. The maximum absolute atomic E-state index is 6.28. The second kappa shape index (κ2) is 8.73. The van der Waals surface area contributed by atoms with Crippen LogP contribution in [0.5, 0.6) is 5.75 Å². The summed E-state index contributed by atoms with van der Waals surface area (Å²) in [5, 5.41) is 5.06. The number of ether oxygens (including phenoxy) is 1. The predicted molar refractivity (Wildman–Crippen MR) is 130 cm³/mol. The van der Waals surface area contributed by atoms with Crippen LogP contribution in [0, 0.1) is 0 Å². The number of hydrogen-bond donors (Lipinski definition) is 1. The Morgan fingerprint density at radius 3 is 2.56 bits per heavy atom. The van der Waals surface area contributed by atoms with Crippen molar-refractivity contribution in [3.63, 3.8) is 0 Å². The fraction of sp³-hybridized carbons (Fsp3) is 0.0769. The van der Waals surface area contributed by atoms with E-state index < -0.39 is 0 Å². The topological polar surface area (TPSA) is 52.0 Å². The first kappa shape index (κ1) is 20.1. The molecule has 0 atom stereocenters. The molecule has 0 saturated carbocycles. The number of benzene rings is 3. The summed E-state index contributed by atoms with van der Waals surface area (Å²) in [6.45, 7) is 2.55. The van der Waals surface area contributed by atoms with Gasteiger partial charge in [-0.05, 0) is 42.8 Å². The number of halogens is 1. The van der Waals surface area contributed by atoms with Gasteiger partial charge in [0.05, 0.1) is 17.7 Å². The highest BCUT2D eigenvalue weighted by molar-refractivity contribution is 6.30. The smallest absolute Gasteiger partial charge is 0.150 e. The van der Waals surface area contributed by atoms with E-state index in [1.165, 1.54) is 0 Å². The van der Waals surface area contributed by atoms with Gasteiger partial charge in [-0.15, -0.1) is 0 Å². The molecule has 5 nitrogen and oxygen atoms in total. The molecule has 0 fully saturated rings. The van der Waals surface area contributed by atoms with Gasteiger partial charge in [0.25, 0.3) is 0 Å². The van der Waals surface area contributed by atoms with Crippen LogP contribution in [-0.4, -0.2) is 21.1 Å². The fourth-order valence-corrected chi connectivity index (χ4v) is 3.98. The molecule has 0 spiro atoms. The molecule has 0 saturated heterocycles. The van der Waals surface area contributed by atoms with Crippen LogP contribution in [0.25, 0.3) is 27.8 Å². The first-order valence-corrected chi connectivity index (χ1v) is 10.8. The summed E-state index contributed by atoms with van der Waals surface area (Å²) < 4.78 is 7.84. The fourth-order valence-electron chi connectivity index (χ4n) is 3.79. The number of nitrogens with one attached hydrogen (secondary N) is 1. The Balaban J connectivity index is 1.73. The van der Waals surface area contributed by atoms with Crippen molar-refractivity contribution >= 4 is 34.1 Å². The summed E-state index contributed by atoms with van der Waals surface area (Å²) in [4.78, 5) is 9.23. The van der Waals surface area contributed by atoms with Crippen LogP contribution in [0.15, 0.2) is 91.4 Å². The normalized spacial score (nSPS) is 10.9. The van der Waals surface area contributed by atoms with Gasteiger partial charge in [-0.25, -0.2) is 9.97 Å². The number of anilines is 2. The van der Waals surface area contributed by atoms with Crippen molar-refractivity contribution in [1.29, 1.82) is 0 Å². The zero-order valence-corrected chi connectivity index (χ0v) is 18.3. The van der Waals surface area contributed by atoms with Crippen molar-refractivity contribution in [2.45, 2.75) is 6.92 Å². The first-order chi connectivity index (χ1) is 15.7. The highest BCUT2D eigenvalue weighted by Crippen LogP contribution is 2.37. The average molecular weight is 441 g/mol. The summed E-state index contributed by atoms with van der Waals surface area (Å²) >= 11 is 6.28. The van der Waals surface area contributed by atoms with E-state index in [4.69, 9.17) is 16.3 Å². The molecule has 0 aliphatic carbocycles. The third-order valence-electron chi connectivity index (χ3n) is 5.19. The van der Waals surface area contributed by atoms with Gasteiger partial charge in [0, 0.05) is 22.5 Å². The molecule has 5 aromatic rings. The van der Waals surface area contributed by atoms with Crippen LogP contribution in [-0.2, 0) is 0 Å². The van der Waals surface area contributed by atoms with Crippen molar-refractivity contribution in [2.24, 2.45) is 0 Å². The third-order valence-corrected chi connectivity index (χ3v) is 5.43. The van der Waals surface area contributed by atoms with Gasteiger partial charge in [0.1, 0.15) is 17.9 Å². The Morgan fingerprint density at radius 1 is 0.938 bits per heavy atom. The van der Waals surface area contributed by atoms with Crippen LogP contribution in [0.3, 0.4) is 0 Å². The second-order valence-electron chi connectivity index (χ2n) is 7.23. The Bertz CT molecular complexity index is 1380. The van der Waals surface area contributed by atoms with Crippen LogP contribution in [0.2, 0.25) is 5.02 Å². The zero-order valence-electron chi connectivity index (χ0n) is 17.5. The number of aromatic nitrogens is 3. The van der Waals surface area contributed by atoms with Gasteiger partial charge < -0.3 is 14.6 Å². The summed E-state index contributed by atoms with van der Waals surface area (Å²) in [5.74, 6) is 1.49. The lowest BCUT2D eigenvalue weighted by molar-refractivity contribution is 0.342. The van der Waals surface area contributed by atoms with E-state index in [9.17, 15) is 0 Å². The Hall–Kier alpha value is -3.83. The zero-order chi connectivity index (χ0) is 21.9. The molecule has 0 unspecified atom stereocenters. The van der Waals surface area contributed by atoms with Gasteiger partial charge in [-0.3, -0.25) is 0 Å². The quantitative estimate of drug-likeness (QED) is 0.312. The summed E-state index contributed by atoms with van der Waals surface area (Å²) in [6.07, 6.45) is 3.66. The molecule has 0 aliphatic rings. The molecule has 0 radical (unpaired) electrons. The molecule has 32 heavy (non-hydrogen) atoms. The number of para-hydroxylation sites is 2. The van der Waals surface area contributed by atoms with E-state index in [0.29, 0.717) is 17.4 Å². The molecule has 0 aliphatic heterocycles. The van der Waals surface area contributed by atoms with Crippen molar-refractivity contribution in [3.8, 4) is 22.6 Å². The first-order valence-electron chi connectivity index (χ1n) is 10.4. The number of rotatable bonds is 6. The SMILES string of the molecule is CCOc1ccccc1Nc1ncnc2c1c(-c1ccccc1)cn2-c1cccc(Cl)c1. The molecule has 158 valence electrons. The van der Waals surface area contributed by atoms with Gasteiger partial charge in [0.2, 0.25) is 0 Å². The predicted octanol–water partition coefficient (Wildman–Crippen LogP) is 6.88. The average Bonchev–Trinajstić information content (AvgIpc) is 3.22. The van der Waals surface area contributed by atoms with Crippen molar-refractivity contribution < 1.29 is 4.74 Å². The molecular formula is C26H21ClN4O. The van der Waals surface area contributed by atoms with Crippen molar-refractivity contribution in [1.82, 2.24) is 14.5 Å². The van der Waals surface area contributed by atoms with Crippen LogP contribution in [0.1, 0.15) is 6.92 Å². The lowest BCUT2D eigenvalue weighted by atomic mass is 10.1. The van der Waals surface area contributed by atoms with Gasteiger partial charge >= 0.3 is 0 Å². The molecule has 2 aromatic heterocycles. The Kier molecular flexibility index (Phi) is 5.48. The Labute approximate surface area is 191 Å². The lowest BCUT2D eigenvalue weighted by Crippen LogP contribution is -2.01. The number of nitrogens with zero attached hydrogens (tertiary/aromatic N) is 3. The third kappa shape index (κ3) is 3.79. The molecule has 3 aromatic carbocycles. The second-order valence-corrected chi connectivity index (χ2v) is 7.67. The van der Waals surface area contributed by atoms with E-state index in [1.807, 2.05) is 78.2 Å². The van der Waals surface area contributed by atoms with Crippen molar-refractivity contribution in [2.75, 3.05) is 11.9 Å². The van der Waals surface area contributed by atoms with E-state index in [-0.39, 0.29) is 0 Å². The monoisotopic (exact) mass is 440 g/mol. The molecule has 0 bridgehead atoms. The largest absolute Gasteiger partial charge is 0.492 e. The maximum Gasteiger partial charge on any atom is 0.150 e. The van der Waals surface area contributed by atoms with Crippen LogP contribution < -0.4 is 10.1 Å². The molecule has 6 heteroatoms. The van der Waals surface area contributed by atoms with E-state index in [1.54, 1.807) is 6.33 Å². The summed E-state index contributed by atoms with van der Waals surface area (Å²) in [5.41, 5.74) is 4.68. The molecular weight excluding hydrogens is 420 g/mol. The highest BCUT2D eigenvalue weighted by atomic mass is 35.5. The van der Waals surface area contributed by atoms with E-state index >= 15 is 0 Å². The van der Waals surface area contributed by atoms with Gasteiger partial charge in [-0.2, -0.15) is 0 Å². The standard InChI is InChI=1S/C26H21ClN4O/c1-2-32-23-14-7-6-13-22(23)30-25-24-21(18-9-4-3-5-10-18)16-31(26(24)29-17-28-25)20-12-8-11-19(27)15-20/h3-17H,2H2,1H3,(H,28,29,30). The Morgan fingerprint density at radius 2 is 1.75 bits per heavy atom. The summed E-state index contributed by atoms with van der Waals surface area (Å²) in [7, 11) is 0. The minimum Gasteiger partial charge on any atom is -0.492 e. The molecule has 2 heterocycles.